The number of methoxy groups -OCH3 is 1. The Morgan fingerprint density at radius 1 is 1.05 bits per heavy atom. The summed E-state index contributed by atoms with van der Waals surface area (Å²) in [4.78, 5) is 24.0. The number of sulfonamides is 1. The molecule has 15 heteroatoms. The number of hydrogen-bond donors (Lipinski definition) is 2. The van der Waals surface area contributed by atoms with Crippen LogP contribution in [0.5, 0.6) is 23.1 Å². The topological polar surface area (TPSA) is 163 Å². The summed E-state index contributed by atoms with van der Waals surface area (Å²) in [6.07, 6.45) is 2.79. The Morgan fingerprint density at radius 2 is 1.75 bits per heavy atom. The van der Waals surface area contributed by atoms with E-state index in [1.165, 1.54) is 55.9 Å². The van der Waals surface area contributed by atoms with Crippen LogP contribution in [0.3, 0.4) is 0 Å². The molecule has 0 aliphatic carbocycles. The van der Waals surface area contributed by atoms with Crippen molar-refractivity contribution in [2.45, 2.75) is 31.1 Å². The van der Waals surface area contributed by atoms with Crippen molar-refractivity contribution in [3.63, 3.8) is 0 Å². The first-order valence-electron chi connectivity index (χ1n) is 13.1. The minimum absolute atomic E-state index is 0.000159. The second-order valence-electron chi connectivity index (χ2n) is 10.1. The Bertz CT molecular complexity index is 1790. The average Bonchev–Trinajstić information content (AvgIpc) is 2.98. The van der Waals surface area contributed by atoms with Gasteiger partial charge in [0.05, 0.1) is 22.4 Å². The molecule has 0 unspecified atom stereocenters. The number of benzene rings is 2. The molecule has 2 N–H and O–H groups in total. The molecule has 0 saturated heterocycles. The second-order valence-corrected chi connectivity index (χ2v) is 12.2. The average molecular weight is 644 g/mol. The van der Waals surface area contributed by atoms with Gasteiger partial charge in [-0.3, -0.25) is 4.72 Å². The predicted molar refractivity (Wildman–Crippen MR) is 160 cm³/mol. The Hall–Kier alpha value is -4.82. The summed E-state index contributed by atoms with van der Waals surface area (Å²) in [5.41, 5.74) is 0.792. The number of nitrogens with zero attached hydrogens (tertiary/aromatic N) is 4. The van der Waals surface area contributed by atoms with Crippen molar-refractivity contribution in [2.24, 2.45) is 4.99 Å². The lowest BCUT2D eigenvalue weighted by atomic mass is 9.87. The van der Waals surface area contributed by atoms with Crippen LogP contribution in [0, 0.1) is 0 Å². The van der Waals surface area contributed by atoms with E-state index in [0.717, 1.165) is 16.6 Å². The molecule has 0 aliphatic heterocycles. The highest BCUT2D eigenvalue weighted by atomic mass is 35.5. The molecule has 0 radical (unpaired) electrons. The third kappa shape index (κ3) is 8.39. The first-order chi connectivity index (χ1) is 20.9. The largest absolute Gasteiger partial charge is 0.497 e. The van der Waals surface area contributed by atoms with Crippen LogP contribution in [0.1, 0.15) is 26.3 Å². The number of rotatable bonds is 10. The fourth-order valence-electron chi connectivity index (χ4n) is 3.63. The van der Waals surface area contributed by atoms with E-state index < -0.39 is 16.1 Å². The molecular weight excluding hydrogens is 614 g/mol. The predicted octanol–water partition coefficient (Wildman–Crippen LogP) is 5.18. The molecule has 4 rings (SSSR count). The van der Waals surface area contributed by atoms with Gasteiger partial charge in [-0.2, -0.15) is 9.98 Å². The lowest BCUT2D eigenvalue weighted by Crippen LogP contribution is -2.17. The van der Waals surface area contributed by atoms with Gasteiger partial charge < -0.3 is 24.2 Å². The number of nitrogens with one attached hydrogen (secondary N) is 1. The maximum atomic E-state index is 13.4. The lowest BCUT2D eigenvalue weighted by molar-refractivity contribution is 0.131. The van der Waals surface area contributed by atoms with Gasteiger partial charge in [0.15, 0.2) is 5.82 Å². The van der Waals surface area contributed by atoms with E-state index in [1.54, 1.807) is 18.2 Å². The SMILES string of the molecule is COc1ccc(Cl)c(Oc2c(NS(=O)(=O)c3ccc(C(C)(C)C)cc3)ncnc2OCCOC(=O)N=c2ccn(O)cc2)c1. The van der Waals surface area contributed by atoms with Gasteiger partial charge >= 0.3 is 6.09 Å². The zero-order valence-electron chi connectivity index (χ0n) is 24.2. The fraction of sp³-hybridized carbons (Fsp3) is 0.241. The van der Waals surface area contributed by atoms with Gasteiger partial charge in [-0.15, -0.1) is 0 Å². The fourth-order valence-corrected chi connectivity index (χ4v) is 4.80. The molecule has 0 saturated carbocycles. The number of anilines is 1. The number of aromatic nitrogens is 3. The van der Waals surface area contributed by atoms with Crippen LogP contribution in [0.15, 0.2) is 83.2 Å². The molecule has 2 aromatic carbocycles. The Morgan fingerprint density at radius 3 is 2.41 bits per heavy atom. The monoisotopic (exact) mass is 643 g/mol. The van der Waals surface area contributed by atoms with Crippen molar-refractivity contribution in [3.05, 3.63) is 89.3 Å². The molecule has 2 aromatic heterocycles. The van der Waals surface area contributed by atoms with Gasteiger partial charge in [-0.05, 0) is 47.4 Å². The highest BCUT2D eigenvalue weighted by Crippen LogP contribution is 2.40. The molecule has 0 aliphatic rings. The van der Waals surface area contributed by atoms with E-state index in [-0.39, 0.29) is 57.1 Å². The summed E-state index contributed by atoms with van der Waals surface area (Å²) in [6.45, 7) is 5.63. The van der Waals surface area contributed by atoms with Crippen molar-refractivity contribution in [2.75, 3.05) is 25.0 Å². The van der Waals surface area contributed by atoms with Crippen LogP contribution in [0.25, 0.3) is 0 Å². The van der Waals surface area contributed by atoms with E-state index in [9.17, 15) is 18.4 Å². The summed E-state index contributed by atoms with van der Waals surface area (Å²) in [5, 5.41) is 9.74. The quantitative estimate of drug-likeness (QED) is 0.174. The highest BCUT2D eigenvalue weighted by Gasteiger charge is 2.24. The van der Waals surface area contributed by atoms with E-state index in [1.807, 2.05) is 20.8 Å². The minimum Gasteiger partial charge on any atom is -0.497 e. The molecule has 4 aromatic rings. The normalized spacial score (nSPS) is 11.4. The molecule has 2 heterocycles. The molecule has 0 fully saturated rings. The van der Waals surface area contributed by atoms with E-state index >= 15 is 0 Å². The number of halogens is 1. The summed E-state index contributed by atoms with van der Waals surface area (Å²) >= 11 is 6.34. The van der Waals surface area contributed by atoms with Crippen molar-refractivity contribution < 1.29 is 37.4 Å². The zero-order valence-corrected chi connectivity index (χ0v) is 25.8. The molecule has 232 valence electrons. The molecule has 0 spiro atoms. The summed E-state index contributed by atoms with van der Waals surface area (Å²) in [6, 6.07) is 13.9. The van der Waals surface area contributed by atoms with Crippen LogP contribution >= 0.6 is 11.6 Å². The van der Waals surface area contributed by atoms with Gasteiger partial charge in [0.2, 0.25) is 5.75 Å². The van der Waals surface area contributed by atoms with Crippen LogP contribution in [-0.4, -0.2) is 54.7 Å². The first-order valence-corrected chi connectivity index (χ1v) is 14.9. The van der Waals surface area contributed by atoms with Crippen molar-refractivity contribution in [1.29, 1.82) is 0 Å². The van der Waals surface area contributed by atoms with Crippen LogP contribution in [0.2, 0.25) is 5.02 Å². The summed E-state index contributed by atoms with van der Waals surface area (Å²) in [5.74, 6) is -0.0602. The molecule has 1 amide bonds. The van der Waals surface area contributed by atoms with Gasteiger partial charge in [0.1, 0.15) is 31.0 Å². The van der Waals surface area contributed by atoms with E-state index in [2.05, 4.69) is 19.7 Å². The number of amides is 1. The van der Waals surface area contributed by atoms with Crippen molar-refractivity contribution in [3.8, 4) is 23.1 Å². The van der Waals surface area contributed by atoms with Crippen LogP contribution < -0.4 is 24.3 Å². The summed E-state index contributed by atoms with van der Waals surface area (Å²) < 4.78 is 51.9. The van der Waals surface area contributed by atoms with E-state index in [0.29, 0.717) is 5.75 Å². The van der Waals surface area contributed by atoms with Gasteiger partial charge in [-0.1, -0.05) is 44.5 Å². The standard InChI is InChI=1S/C29H30ClN5O8S/c1-29(2,3)19-5-8-22(9-6-19)44(38,39)34-26-25(43-24-17-21(40-4)7-10-23(24)30)27(32-18-31-26)41-15-16-42-28(36)33-20-11-13-35(37)14-12-20/h5-14,17-18,37H,15-16H2,1-4H3,(H,31,32,34). The molecule has 44 heavy (non-hydrogen) atoms. The lowest BCUT2D eigenvalue weighted by Gasteiger charge is -2.19. The van der Waals surface area contributed by atoms with Gasteiger partial charge in [0.25, 0.3) is 15.9 Å². The van der Waals surface area contributed by atoms with E-state index in [4.69, 9.17) is 30.5 Å². The smallest absolute Gasteiger partial charge is 0.434 e. The number of ether oxygens (including phenoxy) is 4. The third-order valence-electron chi connectivity index (χ3n) is 5.95. The number of carbonyl (C=O) groups excluding carboxylic acids is 1. The Kier molecular flexibility index (Phi) is 9.96. The van der Waals surface area contributed by atoms with Crippen molar-refractivity contribution in [1.82, 2.24) is 14.7 Å². The Labute approximate surface area is 258 Å². The van der Waals surface area contributed by atoms with Gasteiger partial charge in [-0.25, -0.2) is 22.9 Å². The highest BCUT2D eigenvalue weighted by molar-refractivity contribution is 7.92. The zero-order chi connectivity index (χ0) is 31.9. The molecular formula is C29H30ClN5O8S. The number of hydrogen-bond acceptors (Lipinski definition) is 10. The first kappa shape index (κ1) is 32.1. The third-order valence-corrected chi connectivity index (χ3v) is 7.61. The van der Waals surface area contributed by atoms with Crippen molar-refractivity contribution >= 4 is 33.5 Å². The van der Waals surface area contributed by atoms with Gasteiger partial charge in [0, 0.05) is 18.5 Å². The molecule has 13 nitrogen and oxygen atoms in total. The molecule has 0 bridgehead atoms. The van der Waals surface area contributed by atoms with Crippen LogP contribution in [0.4, 0.5) is 10.6 Å². The second kappa shape index (κ2) is 13.7. The number of pyridine rings is 1. The minimum atomic E-state index is -4.13. The maximum absolute atomic E-state index is 13.4. The molecule has 0 atom stereocenters. The Balaban J connectivity index is 1.58. The number of carbonyl (C=O) groups is 1. The summed E-state index contributed by atoms with van der Waals surface area (Å²) in [7, 11) is -2.67. The van der Waals surface area contributed by atoms with Crippen LogP contribution in [-0.2, 0) is 20.2 Å². The maximum Gasteiger partial charge on any atom is 0.434 e.